The summed E-state index contributed by atoms with van der Waals surface area (Å²) < 4.78 is 2.14. The molecule has 4 rings (SSSR count). The van der Waals surface area contributed by atoms with Gasteiger partial charge >= 0.3 is 5.97 Å². The van der Waals surface area contributed by atoms with E-state index < -0.39 is 22.8 Å². The number of aliphatic hydroxyl groups excluding tert-OH is 1. The lowest BCUT2D eigenvalue weighted by Gasteiger charge is -2.29. The van der Waals surface area contributed by atoms with Crippen LogP contribution in [0, 0.1) is 0 Å². The van der Waals surface area contributed by atoms with Crippen LogP contribution in [-0.4, -0.2) is 54.9 Å². The monoisotopic (exact) mass is 461 g/mol. The Morgan fingerprint density at radius 3 is 2.53 bits per heavy atom. The first-order valence-corrected chi connectivity index (χ1v) is 10.5. The summed E-state index contributed by atoms with van der Waals surface area (Å²) in [5.41, 5.74) is 2.30. The molecule has 0 bridgehead atoms. The van der Waals surface area contributed by atoms with E-state index in [-0.39, 0.29) is 18.5 Å². The number of likely N-dealkylation sites (tertiary alicyclic amines) is 1. The van der Waals surface area contributed by atoms with Gasteiger partial charge in [-0.15, -0.1) is 12.4 Å². The van der Waals surface area contributed by atoms with Gasteiger partial charge in [0, 0.05) is 48.8 Å². The van der Waals surface area contributed by atoms with E-state index in [0.29, 0.717) is 23.2 Å². The van der Waals surface area contributed by atoms with Crippen molar-refractivity contribution in [2.45, 2.75) is 38.8 Å². The fraction of sp³-hybridized carbons (Fsp3) is 0.391. The molecule has 172 valence electrons. The number of hydrogen-bond donors (Lipinski definition) is 4. The van der Waals surface area contributed by atoms with Crippen LogP contribution < -0.4 is 5.56 Å². The Labute approximate surface area is 191 Å². The maximum Gasteiger partial charge on any atom is 0.345 e. The number of H-pyrrole nitrogens is 1. The zero-order valence-electron chi connectivity index (χ0n) is 18.1. The molecule has 32 heavy (non-hydrogen) atoms. The summed E-state index contributed by atoms with van der Waals surface area (Å²) >= 11 is 0. The van der Waals surface area contributed by atoms with Crippen molar-refractivity contribution in [3.05, 3.63) is 51.4 Å². The minimum absolute atomic E-state index is 0. The van der Waals surface area contributed by atoms with Crippen molar-refractivity contribution < 1.29 is 20.1 Å². The van der Waals surface area contributed by atoms with Crippen molar-refractivity contribution in [3.8, 4) is 17.0 Å². The Morgan fingerprint density at radius 2 is 1.91 bits per heavy atom. The molecule has 0 amide bonds. The smallest absolute Gasteiger partial charge is 0.345 e. The number of aromatic amines is 1. The molecule has 9 heteroatoms. The molecule has 1 fully saturated rings. The second-order valence-corrected chi connectivity index (χ2v) is 8.17. The number of aliphatic hydroxyl groups is 1. The molecule has 1 saturated heterocycles. The van der Waals surface area contributed by atoms with Crippen LogP contribution >= 0.6 is 12.4 Å². The van der Waals surface area contributed by atoms with Crippen molar-refractivity contribution in [2.24, 2.45) is 7.05 Å². The summed E-state index contributed by atoms with van der Waals surface area (Å²) in [5.74, 6) is -1.93. The number of piperidine rings is 1. The highest BCUT2D eigenvalue weighted by Gasteiger charge is 2.22. The van der Waals surface area contributed by atoms with Crippen LogP contribution in [0.3, 0.4) is 0 Å². The van der Waals surface area contributed by atoms with Crippen molar-refractivity contribution in [1.82, 2.24) is 14.5 Å². The number of halogens is 1. The van der Waals surface area contributed by atoms with Crippen LogP contribution in [0.15, 0.2) is 29.1 Å². The third kappa shape index (κ3) is 4.26. The second kappa shape index (κ2) is 9.36. The van der Waals surface area contributed by atoms with Gasteiger partial charge in [0.05, 0.1) is 11.8 Å². The van der Waals surface area contributed by atoms with E-state index in [2.05, 4.69) is 20.5 Å². The number of aryl methyl sites for hydroxylation is 1. The number of nitrogens with one attached hydrogen (secondary N) is 1. The predicted molar refractivity (Wildman–Crippen MR) is 125 cm³/mol. The first-order valence-electron chi connectivity index (χ1n) is 10.5. The first-order chi connectivity index (χ1) is 14.8. The summed E-state index contributed by atoms with van der Waals surface area (Å²) in [6, 6.07) is 7.89. The quantitative estimate of drug-likeness (QED) is 0.464. The molecule has 0 atom stereocenters. The molecule has 4 N–H and O–H groups in total. The zero-order chi connectivity index (χ0) is 22.3. The van der Waals surface area contributed by atoms with Gasteiger partial charge in [0.15, 0.2) is 5.56 Å². The molecule has 1 aliphatic rings. The van der Waals surface area contributed by atoms with Gasteiger partial charge in [-0.2, -0.15) is 0 Å². The minimum atomic E-state index is -1.45. The third-order valence-corrected chi connectivity index (χ3v) is 6.23. The molecule has 1 aromatic carbocycles. The molecule has 8 nitrogen and oxygen atoms in total. The van der Waals surface area contributed by atoms with Crippen molar-refractivity contribution >= 4 is 29.3 Å². The molecule has 0 radical (unpaired) electrons. The number of hydrogen-bond acceptors (Lipinski definition) is 5. The Bertz CT molecular complexity index is 1210. The van der Waals surface area contributed by atoms with Gasteiger partial charge in [0.25, 0.3) is 5.56 Å². The number of benzene rings is 1. The van der Waals surface area contributed by atoms with Gasteiger partial charge in [-0.3, -0.25) is 9.69 Å². The van der Waals surface area contributed by atoms with E-state index in [0.717, 1.165) is 49.1 Å². The van der Waals surface area contributed by atoms with Gasteiger partial charge < -0.3 is 24.9 Å². The van der Waals surface area contributed by atoms with Crippen LogP contribution in [0.4, 0.5) is 0 Å². The van der Waals surface area contributed by atoms with Gasteiger partial charge in [-0.1, -0.05) is 13.0 Å². The van der Waals surface area contributed by atoms with Crippen LogP contribution in [-0.2, 0) is 20.0 Å². The number of nitrogens with zero attached hydrogens (tertiary/aromatic N) is 2. The molecular formula is C23H28ClN3O5. The number of aromatic nitrogens is 2. The van der Waals surface area contributed by atoms with E-state index in [1.165, 1.54) is 0 Å². The Balaban J connectivity index is 0.00000289. The number of carboxylic acid groups (broad SMARTS) is 1. The molecule has 0 aliphatic carbocycles. The summed E-state index contributed by atoms with van der Waals surface area (Å²) in [6.07, 6.45) is 1.75. The molecule has 0 spiro atoms. The molecule has 3 heterocycles. The summed E-state index contributed by atoms with van der Waals surface area (Å²) in [4.78, 5) is 28.6. The topological polar surface area (TPSA) is 119 Å². The average molecular weight is 462 g/mol. The number of aromatic hydroxyl groups is 1. The Morgan fingerprint density at radius 1 is 1.22 bits per heavy atom. The zero-order valence-corrected chi connectivity index (χ0v) is 18.9. The fourth-order valence-electron chi connectivity index (χ4n) is 4.44. The van der Waals surface area contributed by atoms with E-state index in [9.17, 15) is 24.9 Å². The number of carbonyl (C=O) groups is 1. The van der Waals surface area contributed by atoms with E-state index in [1.54, 1.807) is 6.92 Å². The fourth-order valence-corrected chi connectivity index (χ4v) is 4.44. The number of carboxylic acids is 1. The minimum Gasteiger partial charge on any atom is -0.506 e. The molecule has 0 saturated carbocycles. The maximum absolute atomic E-state index is 12.3. The van der Waals surface area contributed by atoms with E-state index in [4.69, 9.17) is 0 Å². The lowest BCUT2D eigenvalue weighted by atomic mass is 9.99. The Kier molecular flexibility index (Phi) is 6.97. The molecule has 2 aromatic heterocycles. The summed E-state index contributed by atoms with van der Waals surface area (Å²) in [5, 5.41) is 30.4. The molecule has 0 unspecified atom stereocenters. The van der Waals surface area contributed by atoms with Crippen LogP contribution in [0.1, 0.15) is 41.4 Å². The number of aromatic carboxylic acids is 1. The summed E-state index contributed by atoms with van der Waals surface area (Å²) in [6.45, 7) is 4.32. The lowest BCUT2D eigenvalue weighted by Crippen LogP contribution is -2.35. The Hall–Kier alpha value is -2.81. The van der Waals surface area contributed by atoms with Crippen molar-refractivity contribution in [3.63, 3.8) is 0 Å². The predicted octanol–water partition coefficient (Wildman–Crippen LogP) is 2.88. The highest BCUT2D eigenvalue weighted by atomic mass is 35.5. The SMILES string of the molecule is CCc1c(-c2ccc3c(c2)cc(CN2CCC(O)CC2)n3C)[nH]c(=O)c(C(=O)O)c1O.Cl. The highest BCUT2D eigenvalue weighted by molar-refractivity contribution is 5.92. The third-order valence-electron chi connectivity index (χ3n) is 6.23. The highest BCUT2D eigenvalue weighted by Crippen LogP contribution is 2.32. The largest absolute Gasteiger partial charge is 0.506 e. The maximum atomic E-state index is 12.3. The van der Waals surface area contributed by atoms with Crippen LogP contribution in [0.25, 0.3) is 22.2 Å². The lowest BCUT2D eigenvalue weighted by molar-refractivity contribution is 0.0691. The van der Waals surface area contributed by atoms with Crippen molar-refractivity contribution in [1.29, 1.82) is 0 Å². The summed E-state index contributed by atoms with van der Waals surface area (Å²) in [7, 11) is 2.02. The second-order valence-electron chi connectivity index (χ2n) is 8.17. The molecule has 3 aromatic rings. The van der Waals surface area contributed by atoms with Gasteiger partial charge in [-0.25, -0.2) is 4.79 Å². The van der Waals surface area contributed by atoms with Gasteiger partial charge in [0.2, 0.25) is 0 Å². The number of pyridine rings is 1. The van der Waals surface area contributed by atoms with Gasteiger partial charge in [-0.05, 0) is 43.0 Å². The van der Waals surface area contributed by atoms with E-state index >= 15 is 0 Å². The standard InChI is InChI=1S/C23H27N3O5.ClH/c1-3-17-20(24-22(29)19(21(17)28)23(30)31)13-4-5-18-14(10-13)11-15(25(18)2)12-26-8-6-16(27)7-9-26;/h4-5,10-11,16,27H,3,6-9,12H2,1-2H3,(H,30,31)(H2,24,28,29);1H. The van der Waals surface area contributed by atoms with Crippen molar-refractivity contribution in [2.75, 3.05) is 13.1 Å². The number of fused-ring (bicyclic) bond motifs is 1. The van der Waals surface area contributed by atoms with Crippen LogP contribution in [0.2, 0.25) is 0 Å². The molecule has 1 aliphatic heterocycles. The van der Waals surface area contributed by atoms with E-state index in [1.807, 2.05) is 25.2 Å². The normalized spacial score (nSPS) is 15.1. The first kappa shape index (κ1) is 23.8. The number of rotatable bonds is 5. The molecular weight excluding hydrogens is 434 g/mol. The van der Waals surface area contributed by atoms with Crippen LogP contribution in [0.5, 0.6) is 5.75 Å². The van der Waals surface area contributed by atoms with Gasteiger partial charge in [0.1, 0.15) is 5.75 Å². The average Bonchev–Trinajstić information content (AvgIpc) is 3.03.